The van der Waals surface area contributed by atoms with Gasteiger partial charge in [-0.15, -0.1) is 0 Å². The van der Waals surface area contributed by atoms with Crippen LogP contribution in [0.4, 0.5) is 4.79 Å². The SMILES string of the molecule is CCC(NC(=O)N1CC(C)C(C(=O)O)C1)C(C)C. The molecule has 5 heteroatoms. The van der Waals surface area contributed by atoms with Gasteiger partial charge < -0.3 is 15.3 Å². The van der Waals surface area contributed by atoms with Gasteiger partial charge in [0.05, 0.1) is 5.92 Å². The Hall–Kier alpha value is -1.26. The quantitative estimate of drug-likeness (QED) is 0.805. The zero-order valence-electron chi connectivity index (χ0n) is 11.6. The van der Waals surface area contributed by atoms with Gasteiger partial charge >= 0.3 is 12.0 Å². The number of rotatable bonds is 4. The fourth-order valence-corrected chi connectivity index (χ4v) is 2.44. The van der Waals surface area contributed by atoms with E-state index in [1.807, 2.05) is 13.8 Å². The Morgan fingerprint density at radius 2 is 2.00 bits per heavy atom. The first-order valence-electron chi connectivity index (χ1n) is 6.65. The number of nitrogens with zero attached hydrogens (tertiary/aromatic N) is 1. The summed E-state index contributed by atoms with van der Waals surface area (Å²) in [5.74, 6) is -0.842. The standard InChI is InChI=1S/C13H24N2O3/c1-5-11(8(2)3)14-13(18)15-6-9(4)10(7-15)12(16)17/h8-11H,5-7H2,1-4H3,(H,14,18)(H,16,17). The smallest absolute Gasteiger partial charge is 0.317 e. The summed E-state index contributed by atoms with van der Waals surface area (Å²) >= 11 is 0. The number of carboxylic acids is 1. The summed E-state index contributed by atoms with van der Waals surface area (Å²) in [6.45, 7) is 8.90. The summed E-state index contributed by atoms with van der Waals surface area (Å²) < 4.78 is 0. The van der Waals surface area contributed by atoms with Crippen molar-refractivity contribution >= 4 is 12.0 Å². The largest absolute Gasteiger partial charge is 0.481 e. The van der Waals surface area contributed by atoms with Crippen LogP contribution in [0.25, 0.3) is 0 Å². The van der Waals surface area contributed by atoms with E-state index in [2.05, 4.69) is 19.2 Å². The molecule has 1 rings (SSSR count). The molecule has 0 aromatic heterocycles. The molecule has 0 bridgehead atoms. The minimum absolute atomic E-state index is 0.0207. The van der Waals surface area contributed by atoms with Gasteiger partial charge in [-0.3, -0.25) is 4.79 Å². The Morgan fingerprint density at radius 3 is 2.39 bits per heavy atom. The molecule has 0 saturated carbocycles. The maximum Gasteiger partial charge on any atom is 0.317 e. The monoisotopic (exact) mass is 256 g/mol. The van der Waals surface area contributed by atoms with Gasteiger partial charge in [-0.25, -0.2) is 4.79 Å². The van der Waals surface area contributed by atoms with Crippen LogP contribution in [-0.2, 0) is 4.79 Å². The van der Waals surface area contributed by atoms with E-state index in [4.69, 9.17) is 5.11 Å². The summed E-state index contributed by atoms with van der Waals surface area (Å²) in [5, 5.41) is 12.0. The van der Waals surface area contributed by atoms with Crippen LogP contribution in [0.1, 0.15) is 34.1 Å². The second kappa shape index (κ2) is 6.07. The Bertz CT molecular complexity index is 317. The van der Waals surface area contributed by atoms with Crippen molar-refractivity contribution in [3.05, 3.63) is 0 Å². The highest BCUT2D eigenvalue weighted by Crippen LogP contribution is 2.23. The minimum Gasteiger partial charge on any atom is -0.481 e. The Labute approximate surface area is 109 Å². The fraction of sp³-hybridized carbons (Fsp3) is 0.846. The third-order valence-electron chi connectivity index (χ3n) is 3.77. The number of likely N-dealkylation sites (tertiary alicyclic amines) is 1. The summed E-state index contributed by atoms with van der Waals surface area (Å²) in [5.41, 5.74) is 0. The molecular weight excluding hydrogens is 232 g/mol. The molecule has 0 spiro atoms. The van der Waals surface area contributed by atoms with Crippen molar-refractivity contribution < 1.29 is 14.7 Å². The van der Waals surface area contributed by atoms with Crippen LogP contribution in [0.5, 0.6) is 0 Å². The topological polar surface area (TPSA) is 69.6 Å². The van der Waals surface area contributed by atoms with E-state index < -0.39 is 11.9 Å². The molecule has 1 aliphatic rings. The summed E-state index contributed by atoms with van der Waals surface area (Å²) in [6.07, 6.45) is 0.884. The number of aliphatic carboxylic acids is 1. The molecule has 1 fully saturated rings. The first kappa shape index (κ1) is 14.8. The lowest BCUT2D eigenvalue weighted by atomic mass is 9.99. The lowest BCUT2D eigenvalue weighted by Crippen LogP contribution is -2.46. The maximum atomic E-state index is 12.1. The first-order valence-corrected chi connectivity index (χ1v) is 6.65. The highest BCUT2D eigenvalue weighted by Gasteiger charge is 2.37. The van der Waals surface area contributed by atoms with E-state index in [1.54, 1.807) is 4.90 Å². The number of amides is 2. The maximum absolute atomic E-state index is 12.1. The molecule has 1 saturated heterocycles. The first-order chi connectivity index (χ1) is 8.36. The van der Waals surface area contributed by atoms with E-state index in [9.17, 15) is 9.59 Å². The van der Waals surface area contributed by atoms with Crippen molar-refractivity contribution in [3.63, 3.8) is 0 Å². The average molecular weight is 256 g/mol. The molecule has 18 heavy (non-hydrogen) atoms. The van der Waals surface area contributed by atoms with E-state index in [-0.39, 0.29) is 18.0 Å². The summed E-state index contributed by atoms with van der Waals surface area (Å²) in [4.78, 5) is 24.7. The Balaban J connectivity index is 2.56. The van der Waals surface area contributed by atoms with E-state index in [0.717, 1.165) is 6.42 Å². The van der Waals surface area contributed by atoms with Gasteiger partial charge in [0.1, 0.15) is 0 Å². The van der Waals surface area contributed by atoms with Gasteiger partial charge in [-0.05, 0) is 18.3 Å². The molecule has 0 aromatic carbocycles. The molecule has 104 valence electrons. The van der Waals surface area contributed by atoms with Crippen LogP contribution in [0.15, 0.2) is 0 Å². The molecule has 1 heterocycles. The molecule has 2 amide bonds. The van der Waals surface area contributed by atoms with Crippen molar-refractivity contribution in [1.82, 2.24) is 10.2 Å². The minimum atomic E-state index is -0.811. The average Bonchev–Trinajstić information content (AvgIpc) is 2.67. The van der Waals surface area contributed by atoms with Gasteiger partial charge in [0.2, 0.25) is 0 Å². The molecule has 0 aromatic rings. The molecule has 0 aliphatic carbocycles. The van der Waals surface area contributed by atoms with Crippen molar-refractivity contribution in [2.75, 3.05) is 13.1 Å². The van der Waals surface area contributed by atoms with Crippen molar-refractivity contribution in [1.29, 1.82) is 0 Å². The highest BCUT2D eigenvalue weighted by molar-refractivity contribution is 5.77. The van der Waals surface area contributed by atoms with Gasteiger partial charge in [0, 0.05) is 19.1 Å². The third kappa shape index (κ3) is 3.37. The number of carbonyl (C=O) groups is 2. The summed E-state index contributed by atoms with van der Waals surface area (Å²) in [6, 6.07) is 0.0165. The van der Waals surface area contributed by atoms with Gasteiger partial charge in [-0.2, -0.15) is 0 Å². The number of nitrogens with one attached hydrogen (secondary N) is 1. The second-order valence-electron chi connectivity index (χ2n) is 5.54. The van der Waals surface area contributed by atoms with Gasteiger partial charge in [-0.1, -0.05) is 27.7 Å². The van der Waals surface area contributed by atoms with Crippen LogP contribution in [-0.4, -0.2) is 41.1 Å². The lowest BCUT2D eigenvalue weighted by Gasteiger charge is -2.25. The second-order valence-corrected chi connectivity index (χ2v) is 5.54. The van der Waals surface area contributed by atoms with Crippen molar-refractivity contribution in [3.8, 4) is 0 Å². The predicted molar refractivity (Wildman–Crippen MR) is 69.3 cm³/mol. The molecule has 3 atom stereocenters. The zero-order chi connectivity index (χ0) is 13.9. The molecule has 0 radical (unpaired) electrons. The van der Waals surface area contributed by atoms with Crippen molar-refractivity contribution in [2.24, 2.45) is 17.8 Å². The van der Waals surface area contributed by atoms with Gasteiger partial charge in [0.25, 0.3) is 0 Å². The highest BCUT2D eigenvalue weighted by atomic mass is 16.4. The molecule has 2 N–H and O–H groups in total. The van der Waals surface area contributed by atoms with E-state index in [0.29, 0.717) is 19.0 Å². The van der Waals surface area contributed by atoms with Crippen LogP contribution < -0.4 is 5.32 Å². The molecule has 3 unspecified atom stereocenters. The van der Waals surface area contributed by atoms with Crippen LogP contribution in [0, 0.1) is 17.8 Å². The number of hydrogen-bond donors (Lipinski definition) is 2. The van der Waals surface area contributed by atoms with Crippen LogP contribution in [0.3, 0.4) is 0 Å². The fourth-order valence-electron chi connectivity index (χ4n) is 2.44. The summed E-state index contributed by atoms with van der Waals surface area (Å²) in [7, 11) is 0. The van der Waals surface area contributed by atoms with E-state index >= 15 is 0 Å². The normalized spacial score (nSPS) is 25.3. The number of hydrogen-bond acceptors (Lipinski definition) is 2. The third-order valence-corrected chi connectivity index (χ3v) is 3.77. The van der Waals surface area contributed by atoms with Crippen LogP contribution in [0.2, 0.25) is 0 Å². The molecule has 1 aliphatic heterocycles. The van der Waals surface area contributed by atoms with Crippen molar-refractivity contribution in [2.45, 2.75) is 40.2 Å². The van der Waals surface area contributed by atoms with Gasteiger partial charge in [0.15, 0.2) is 0 Å². The Morgan fingerprint density at radius 1 is 1.39 bits per heavy atom. The lowest BCUT2D eigenvalue weighted by molar-refractivity contribution is -0.142. The zero-order valence-corrected chi connectivity index (χ0v) is 11.6. The van der Waals surface area contributed by atoms with E-state index in [1.165, 1.54) is 0 Å². The van der Waals surface area contributed by atoms with Crippen LogP contribution >= 0.6 is 0 Å². The predicted octanol–water partition coefficient (Wildman–Crippen LogP) is 1.78. The molecular formula is C13H24N2O3. The number of carboxylic acid groups (broad SMARTS) is 1. The Kier molecular flexibility index (Phi) is 4.99. The molecule has 5 nitrogen and oxygen atoms in total. The number of carbonyl (C=O) groups excluding carboxylic acids is 1. The number of urea groups is 1.